The summed E-state index contributed by atoms with van der Waals surface area (Å²) in [6.07, 6.45) is 4.02. The Morgan fingerprint density at radius 1 is 0.846 bits per heavy atom. The standard InChI is InChI=1S/C22H24N2O2/c25-21(14-11-17-7-2-1-3-8-17)23-15-6-16-24(22(26)18-12-13-18)20-10-5-4-9-19(20)23/h1-5,7-10,18H,6,11-16H2. The van der Waals surface area contributed by atoms with E-state index in [4.69, 9.17) is 0 Å². The zero-order valence-corrected chi connectivity index (χ0v) is 14.9. The molecule has 0 saturated heterocycles. The fraction of sp³-hybridized carbons (Fsp3) is 0.364. The minimum absolute atomic E-state index is 0.127. The highest BCUT2D eigenvalue weighted by atomic mass is 16.2. The molecule has 0 spiro atoms. The summed E-state index contributed by atoms with van der Waals surface area (Å²) in [6.45, 7) is 1.36. The van der Waals surface area contributed by atoms with Gasteiger partial charge in [-0.25, -0.2) is 0 Å². The summed E-state index contributed by atoms with van der Waals surface area (Å²) in [4.78, 5) is 29.4. The third-order valence-corrected chi connectivity index (χ3v) is 5.19. The van der Waals surface area contributed by atoms with E-state index in [0.29, 0.717) is 19.5 Å². The lowest BCUT2D eigenvalue weighted by Crippen LogP contribution is -2.32. The number of aryl methyl sites for hydroxylation is 1. The number of rotatable bonds is 4. The number of carbonyl (C=O) groups is 2. The van der Waals surface area contributed by atoms with Crippen LogP contribution in [0.15, 0.2) is 54.6 Å². The first-order valence-corrected chi connectivity index (χ1v) is 9.49. The van der Waals surface area contributed by atoms with Gasteiger partial charge in [-0.2, -0.15) is 0 Å². The van der Waals surface area contributed by atoms with Crippen molar-refractivity contribution in [2.75, 3.05) is 22.9 Å². The fourth-order valence-corrected chi connectivity index (χ4v) is 3.62. The second-order valence-corrected chi connectivity index (χ2v) is 7.14. The summed E-state index contributed by atoms with van der Waals surface area (Å²) in [5.74, 6) is 0.529. The van der Waals surface area contributed by atoms with Crippen LogP contribution in [0.2, 0.25) is 0 Å². The lowest BCUT2D eigenvalue weighted by molar-refractivity contribution is -0.120. The van der Waals surface area contributed by atoms with Crippen molar-refractivity contribution >= 4 is 23.2 Å². The number of anilines is 2. The molecule has 2 aromatic rings. The van der Waals surface area contributed by atoms with E-state index < -0.39 is 0 Å². The van der Waals surface area contributed by atoms with Gasteiger partial charge in [-0.05, 0) is 43.4 Å². The monoisotopic (exact) mass is 348 g/mol. The van der Waals surface area contributed by atoms with Crippen LogP contribution < -0.4 is 9.80 Å². The average Bonchev–Trinajstić information content (AvgIpc) is 3.53. The maximum Gasteiger partial charge on any atom is 0.230 e. The lowest BCUT2D eigenvalue weighted by atomic mass is 10.1. The minimum atomic E-state index is 0.127. The predicted octanol–water partition coefficient (Wildman–Crippen LogP) is 3.80. The molecule has 2 aliphatic rings. The maximum atomic E-state index is 12.9. The van der Waals surface area contributed by atoms with E-state index in [1.54, 1.807) is 0 Å². The molecule has 134 valence electrons. The normalized spacial score (nSPS) is 16.8. The molecule has 2 aromatic carbocycles. The summed E-state index contributed by atoms with van der Waals surface area (Å²) >= 11 is 0. The number of carbonyl (C=O) groups excluding carboxylic acids is 2. The van der Waals surface area contributed by atoms with Crippen LogP contribution in [0, 0.1) is 5.92 Å². The molecule has 0 bridgehead atoms. The Labute approximate surface area is 154 Å². The van der Waals surface area contributed by atoms with Gasteiger partial charge in [0.05, 0.1) is 11.4 Å². The van der Waals surface area contributed by atoms with Crippen molar-refractivity contribution in [1.82, 2.24) is 0 Å². The number of fused-ring (bicyclic) bond motifs is 1. The summed E-state index contributed by atoms with van der Waals surface area (Å²) < 4.78 is 0. The van der Waals surface area contributed by atoms with Crippen LogP contribution in [0.25, 0.3) is 0 Å². The van der Waals surface area contributed by atoms with Gasteiger partial charge in [0.2, 0.25) is 11.8 Å². The third-order valence-electron chi connectivity index (χ3n) is 5.19. The molecule has 0 radical (unpaired) electrons. The highest BCUT2D eigenvalue weighted by Gasteiger charge is 2.36. The fourth-order valence-electron chi connectivity index (χ4n) is 3.62. The van der Waals surface area contributed by atoms with Crippen LogP contribution in [0.3, 0.4) is 0 Å². The largest absolute Gasteiger partial charge is 0.310 e. The second kappa shape index (κ2) is 7.32. The van der Waals surface area contributed by atoms with Crippen LogP contribution in [-0.2, 0) is 16.0 Å². The Morgan fingerprint density at radius 2 is 1.46 bits per heavy atom. The molecule has 0 atom stereocenters. The van der Waals surface area contributed by atoms with Crippen LogP contribution >= 0.6 is 0 Å². The van der Waals surface area contributed by atoms with Crippen molar-refractivity contribution in [2.24, 2.45) is 5.92 Å². The van der Waals surface area contributed by atoms with Crippen LogP contribution in [0.1, 0.15) is 31.2 Å². The molecule has 26 heavy (non-hydrogen) atoms. The Morgan fingerprint density at radius 3 is 2.15 bits per heavy atom. The highest BCUT2D eigenvalue weighted by Crippen LogP contribution is 2.38. The zero-order valence-electron chi connectivity index (χ0n) is 14.9. The molecular formula is C22H24N2O2. The molecule has 4 rings (SSSR count). The van der Waals surface area contributed by atoms with Crippen molar-refractivity contribution in [2.45, 2.75) is 32.1 Å². The molecule has 1 aliphatic heterocycles. The Bertz CT molecular complexity index is 799. The molecular weight excluding hydrogens is 324 g/mol. The lowest BCUT2D eigenvalue weighted by Gasteiger charge is -2.25. The van der Waals surface area contributed by atoms with E-state index in [2.05, 4.69) is 12.1 Å². The number of hydrogen-bond donors (Lipinski definition) is 0. The molecule has 4 nitrogen and oxygen atoms in total. The maximum absolute atomic E-state index is 12.9. The van der Waals surface area contributed by atoms with Crippen molar-refractivity contribution in [1.29, 1.82) is 0 Å². The molecule has 1 heterocycles. The number of para-hydroxylation sites is 2. The molecule has 4 heteroatoms. The van der Waals surface area contributed by atoms with Gasteiger partial charge < -0.3 is 9.80 Å². The summed E-state index contributed by atoms with van der Waals surface area (Å²) in [5.41, 5.74) is 2.93. The van der Waals surface area contributed by atoms with E-state index in [9.17, 15) is 9.59 Å². The average molecular weight is 348 g/mol. The molecule has 2 amide bonds. The topological polar surface area (TPSA) is 40.6 Å². The van der Waals surface area contributed by atoms with E-state index in [1.165, 1.54) is 5.56 Å². The predicted molar refractivity (Wildman–Crippen MR) is 103 cm³/mol. The van der Waals surface area contributed by atoms with E-state index >= 15 is 0 Å². The summed E-state index contributed by atoms with van der Waals surface area (Å²) in [7, 11) is 0. The number of nitrogens with zero attached hydrogens (tertiary/aromatic N) is 2. The molecule has 0 N–H and O–H groups in total. The van der Waals surface area contributed by atoms with Gasteiger partial charge in [0.15, 0.2) is 0 Å². The van der Waals surface area contributed by atoms with Crippen LogP contribution in [-0.4, -0.2) is 24.9 Å². The van der Waals surface area contributed by atoms with E-state index in [0.717, 1.165) is 37.1 Å². The Kier molecular flexibility index (Phi) is 4.74. The van der Waals surface area contributed by atoms with Gasteiger partial charge in [-0.15, -0.1) is 0 Å². The van der Waals surface area contributed by atoms with Gasteiger partial charge in [-0.1, -0.05) is 42.5 Å². The number of amides is 2. The number of benzene rings is 2. The van der Waals surface area contributed by atoms with Gasteiger partial charge in [0.25, 0.3) is 0 Å². The molecule has 1 aliphatic carbocycles. The Hall–Kier alpha value is -2.62. The van der Waals surface area contributed by atoms with Gasteiger partial charge in [-0.3, -0.25) is 9.59 Å². The smallest absolute Gasteiger partial charge is 0.230 e. The Balaban J connectivity index is 1.54. The molecule has 1 saturated carbocycles. The van der Waals surface area contributed by atoms with Gasteiger partial charge >= 0.3 is 0 Å². The molecule has 0 aromatic heterocycles. The van der Waals surface area contributed by atoms with Crippen molar-refractivity contribution in [3.8, 4) is 0 Å². The van der Waals surface area contributed by atoms with Crippen molar-refractivity contribution < 1.29 is 9.59 Å². The van der Waals surface area contributed by atoms with Crippen LogP contribution in [0.4, 0.5) is 11.4 Å². The van der Waals surface area contributed by atoms with E-state index in [-0.39, 0.29) is 17.7 Å². The number of hydrogen-bond acceptors (Lipinski definition) is 2. The first-order chi connectivity index (χ1) is 12.7. The second-order valence-electron chi connectivity index (χ2n) is 7.14. The quantitative estimate of drug-likeness (QED) is 0.843. The summed E-state index contributed by atoms with van der Waals surface area (Å²) in [6, 6.07) is 17.9. The zero-order chi connectivity index (χ0) is 17.9. The minimum Gasteiger partial charge on any atom is -0.310 e. The van der Waals surface area contributed by atoms with Crippen molar-refractivity contribution in [3.63, 3.8) is 0 Å². The molecule has 1 fully saturated rings. The molecule has 0 unspecified atom stereocenters. The van der Waals surface area contributed by atoms with Crippen molar-refractivity contribution in [3.05, 3.63) is 60.2 Å². The highest BCUT2D eigenvalue weighted by molar-refractivity contribution is 6.04. The van der Waals surface area contributed by atoms with Gasteiger partial charge in [0, 0.05) is 25.4 Å². The van der Waals surface area contributed by atoms with E-state index in [1.807, 2.05) is 52.3 Å². The first-order valence-electron chi connectivity index (χ1n) is 9.49. The third kappa shape index (κ3) is 3.50. The SMILES string of the molecule is O=C(CCc1ccccc1)N1CCCN(C(=O)C2CC2)c2ccccc21. The van der Waals surface area contributed by atoms with Crippen LogP contribution in [0.5, 0.6) is 0 Å². The van der Waals surface area contributed by atoms with Gasteiger partial charge in [0.1, 0.15) is 0 Å². The first kappa shape index (κ1) is 16.8. The summed E-state index contributed by atoms with van der Waals surface area (Å²) in [5, 5.41) is 0.